The third-order valence-corrected chi connectivity index (χ3v) is 2.33. The summed E-state index contributed by atoms with van der Waals surface area (Å²) in [5.74, 6) is -0.336. The molecular formula is C10H10ClNO2. The Hall–Kier alpha value is -1.22. The molecule has 1 aromatic heterocycles. The van der Waals surface area contributed by atoms with Crippen LogP contribution in [0.3, 0.4) is 0 Å². The van der Waals surface area contributed by atoms with E-state index in [9.17, 15) is 4.79 Å². The maximum atomic E-state index is 11.4. The van der Waals surface area contributed by atoms with Crippen molar-refractivity contribution in [2.75, 3.05) is 0 Å². The first kappa shape index (κ1) is 9.34. The van der Waals surface area contributed by atoms with Crippen molar-refractivity contribution in [3.05, 3.63) is 33.8 Å². The van der Waals surface area contributed by atoms with Gasteiger partial charge in [-0.1, -0.05) is 11.6 Å². The molecule has 2 aromatic rings. The van der Waals surface area contributed by atoms with Crippen LogP contribution in [0.1, 0.15) is 19.9 Å². The van der Waals surface area contributed by atoms with Gasteiger partial charge in [0, 0.05) is 11.1 Å². The fraction of sp³-hybridized carbons (Fsp3) is 0.300. The Morgan fingerprint density at radius 1 is 1.43 bits per heavy atom. The van der Waals surface area contributed by atoms with Gasteiger partial charge in [-0.3, -0.25) is 4.57 Å². The number of halogens is 1. The molecule has 14 heavy (non-hydrogen) atoms. The summed E-state index contributed by atoms with van der Waals surface area (Å²) in [6.45, 7) is 3.86. The average Bonchev–Trinajstić information content (AvgIpc) is 2.40. The number of benzene rings is 1. The Labute approximate surface area is 85.9 Å². The number of aromatic nitrogens is 1. The molecule has 0 fully saturated rings. The minimum Gasteiger partial charge on any atom is -0.408 e. The van der Waals surface area contributed by atoms with Gasteiger partial charge in [0.05, 0.1) is 5.52 Å². The summed E-state index contributed by atoms with van der Waals surface area (Å²) in [4.78, 5) is 11.4. The topological polar surface area (TPSA) is 35.1 Å². The van der Waals surface area contributed by atoms with Gasteiger partial charge in [0.1, 0.15) is 0 Å². The highest BCUT2D eigenvalue weighted by Crippen LogP contribution is 2.20. The fourth-order valence-electron chi connectivity index (χ4n) is 1.50. The summed E-state index contributed by atoms with van der Waals surface area (Å²) < 4.78 is 6.65. The van der Waals surface area contributed by atoms with E-state index < -0.39 is 0 Å². The number of oxazole rings is 1. The third-order valence-electron chi connectivity index (χ3n) is 2.09. The maximum absolute atomic E-state index is 11.4. The molecule has 1 heterocycles. The zero-order valence-electron chi connectivity index (χ0n) is 7.95. The van der Waals surface area contributed by atoms with Gasteiger partial charge < -0.3 is 4.42 Å². The second-order valence-corrected chi connectivity index (χ2v) is 3.88. The molecule has 4 heteroatoms. The van der Waals surface area contributed by atoms with Gasteiger partial charge in [-0.25, -0.2) is 4.79 Å². The molecule has 0 aliphatic rings. The van der Waals surface area contributed by atoms with Crippen LogP contribution in [0.25, 0.3) is 11.1 Å². The van der Waals surface area contributed by atoms with Gasteiger partial charge in [-0.15, -0.1) is 0 Å². The average molecular weight is 212 g/mol. The Bertz CT molecular complexity index is 524. The Morgan fingerprint density at radius 2 is 2.14 bits per heavy atom. The minimum atomic E-state index is -0.336. The lowest BCUT2D eigenvalue weighted by atomic mass is 10.3. The highest BCUT2D eigenvalue weighted by Gasteiger charge is 2.11. The molecule has 0 spiro atoms. The predicted molar refractivity (Wildman–Crippen MR) is 55.9 cm³/mol. The summed E-state index contributed by atoms with van der Waals surface area (Å²) in [5, 5.41) is 0.604. The Kier molecular flexibility index (Phi) is 2.11. The predicted octanol–water partition coefficient (Wildman–Crippen LogP) is 2.83. The van der Waals surface area contributed by atoms with Crippen LogP contribution in [0.4, 0.5) is 0 Å². The second-order valence-electron chi connectivity index (χ2n) is 3.44. The van der Waals surface area contributed by atoms with Crippen LogP contribution < -0.4 is 5.76 Å². The molecule has 0 aliphatic heterocycles. The Balaban J connectivity index is 2.86. The molecule has 0 amide bonds. The summed E-state index contributed by atoms with van der Waals surface area (Å²) >= 11 is 5.85. The van der Waals surface area contributed by atoms with Gasteiger partial charge in [0.2, 0.25) is 0 Å². The molecule has 0 unspecified atom stereocenters. The summed E-state index contributed by atoms with van der Waals surface area (Å²) in [7, 11) is 0. The van der Waals surface area contributed by atoms with E-state index in [4.69, 9.17) is 16.0 Å². The van der Waals surface area contributed by atoms with Crippen molar-refractivity contribution < 1.29 is 4.42 Å². The molecule has 0 saturated heterocycles. The van der Waals surface area contributed by atoms with Gasteiger partial charge >= 0.3 is 5.76 Å². The molecule has 0 bridgehead atoms. The van der Waals surface area contributed by atoms with E-state index in [2.05, 4.69) is 0 Å². The highest BCUT2D eigenvalue weighted by molar-refractivity contribution is 6.31. The molecule has 0 N–H and O–H groups in total. The van der Waals surface area contributed by atoms with E-state index in [1.807, 2.05) is 13.8 Å². The van der Waals surface area contributed by atoms with E-state index in [1.54, 1.807) is 22.8 Å². The second kappa shape index (κ2) is 3.17. The fourth-order valence-corrected chi connectivity index (χ4v) is 1.66. The smallest absolute Gasteiger partial charge is 0.408 e. The van der Waals surface area contributed by atoms with Crippen molar-refractivity contribution in [3.63, 3.8) is 0 Å². The first-order valence-corrected chi connectivity index (χ1v) is 4.78. The van der Waals surface area contributed by atoms with Crippen molar-refractivity contribution in [1.82, 2.24) is 4.57 Å². The summed E-state index contributed by atoms with van der Waals surface area (Å²) in [6, 6.07) is 5.22. The number of nitrogens with zero attached hydrogens (tertiary/aromatic N) is 1. The quantitative estimate of drug-likeness (QED) is 0.727. The van der Waals surface area contributed by atoms with Crippen LogP contribution in [0, 0.1) is 0 Å². The largest absolute Gasteiger partial charge is 0.420 e. The van der Waals surface area contributed by atoms with Crippen LogP contribution in [0.2, 0.25) is 5.02 Å². The first-order chi connectivity index (χ1) is 6.59. The molecular weight excluding hydrogens is 202 g/mol. The molecule has 0 atom stereocenters. The maximum Gasteiger partial charge on any atom is 0.420 e. The van der Waals surface area contributed by atoms with Crippen LogP contribution >= 0.6 is 11.6 Å². The number of hydrogen-bond acceptors (Lipinski definition) is 2. The van der Waals surface area contributed by atoms with Crippen molar-refractivity contribution >= 4 is 22.7 Å². The molecule has 74 valence electrons. The zero-order chi connectivity index (χ0) is 10.3. The molecule has 1 aromatic carbocycles. The standard InChI is InChI=1S/C10H10ClNO2/c1-6(2)12-8-5-7(11)3-4-9(8)14-10(12)13/h3-6H,1-2H3. The first-order valence-electron chi connectivity index (χ1n) is 4.40. The van der Waals surface area contributed by atoms with E-state index in [-0.39, 0.29) is 11.8 Å². The van der Waals surface area contributed by atoms with Gasteiger partial charge in [0.15, 0.2) is 5.58 Å². The van der Waals surface area contributed by atoms with Crippen molar-refractivity contribution in [2.45, 2.75) is 19.9 Å². The third kappa shape index (κ3) is 1.34. The lowest BCUT2D eigenvalue weighted by Gasteiger charge is -2.04. The van der Waals surface area contributed by atoms with Crippen LogP contribution in [0.15, 0.2) is 27.4 Å². The van der Waals surface area contributed by atoms with Crippen molar-refractivity contribution in [3.8, 4) is 0 Å². The molecule has 0 saturated carbocycles. The van der Waals surface area contributed by atoms with Gasteiger partial charge in [0.25, 0.3) is 0 Å². The monoisotopic (exact) mass is 211 g/mol. The van der Waals surface area contributed by atoms with Crippen LogP contribution in [-0.2, 0) is 0 Å². The zero-order valence-corrected chi connectivity index (χ0v) is 8.71. The molecule has 0 aliphatic carbocycles. The lowest BCUT2D eigenvalue weighted by Crippen LogP contribution is -2.15. The minimum absolute atomic E-state index is 0.0715. The SMILES string of the molecule is CC(C)n1c(=O)oc2ccc(Cl)cc21. The summed E-state index contributed by atoms with van der Waals surface area (Å²) in [5.41, 5.74) is 1.32. The number of rotatable bonds is 1. The molecule has 0 radical (unpaired) electrons. The molecule has 2 rings (SSSR count). The van der Waals surface area contributed by atoms with Crippen molar-refractivity contribution in [2.24, 2.45) is 0 Å². The van der Waals surface area contributed by atoms with E-state index in [0.717, 1.165) is 5.52 Å². The summed E-state index contributed by atoms with van der Waals surface area (Å²) in [6.07, 6.45) is 0. The van der Waals surface area contributed by atoms with Crippen molar-refractivity contribution in [1.29, 1.82) is 0 Å². The van der Waals surface area contributed by atoms with Gasteiger partial charge in [-0.2, -0.15) is 0 Å². The highest BCUT2D eigenvalue weighted by atomic mass is 35.5. The van der Waals surface area contributed by atoms with Crippen LogP contribution in [-0.4, -0.2) is 4.57 Å². The van der Waals surface area contributed by atoms with E-state index >= 15 is 0 Å². The normalized spacial score (nSPS) is 11.4. The van der Waals surface area contributed by atoms with Gasteiger partial charge in [-0.05, 0) is 32.0 Å². The Morgan fingerprint density at radius 3 is 2.79 bits per heavy atom. The lowest BCUT2D eigenvalue weighted by molar-refractivity contribution is 0.478. The van der Waals surface area contributed by atoms with Crippen LogP contribution in [0.5, 0.6) is 0 Å². The van der Waals surface area contributed by atoms with E-state index in [1.165, 1.54) is 0 Å². The molecule has 3 nitrogen and oxygen atoms in total. The number of hydrogen-bond donors (Lipinski definition) is 0. The van der Waals surface area contributed by atoms with E-state index in [0.29, 0.717) is 10.6 Å². The number of fused-ring (bicyclic) bond motifs is 1.